The van der Waals surface area contributed by atoms with Crippen LogP contribution in [0, 0.1) is 0 Å². The fourth-order valence-corrected chi connectivity index (χ4v) is 1.56. The highest BCUT2D eigenvalue weighted by Gasteiger charge is 2.31. The van der Waals surface area contributed by atoms with E-state index in [0.29, 0.717) is 0 Å². The van der Waals surface area contributed by atoms with Crippen LogP contribution in [0.5, 0.6) is 0 Å². The van der Waals surface area contributed by atoms with Gasteiger partial charge in [0.15, 0.2) is 5.78 Å². The first-order chi connectivity index (χ1) is 7.62. The number of nitrogens with one attached hydrogen (secondary N) is 1. The van der Waals surface area contributed by atoms with Crippen molar-refractivity contribution in [1.29, 1.82) is 0 Å². The Morgan fingerprint density at radius 1 is 1.31 bits per heavy atom. The Bertz CT molecular complexity index is 462. The molecule has 0 spiro atoms. The summed E-state index contributed by atoms with van der Waals surface area (Å²) >= 11 is 0. The molecule has 2 rings (SSSR count). The van der Waals surface area contributed by atoms with Crippen LogP contribution in [0.25, 0.3) is 5.70 Å². The number of allylic oxidation sites excluding steroid dienone is 2. The highest BCUT2D eigenvalue weighted by Crippen LogP contribution is 2.20. The summed E-state index contributed by atoms with van der Waals surface area (Å²) in [6, 6.07) is 9.56. The van der Waals surface area contributed by atoms with Crippen LogP contribution in [0.1, 0.15) is 12.5 Å². The lowest BCUT2D eigenvalue weighted by molar-refractivity contribution is -0.132. The highest BCUT2D eigenvalue weighted by atomic mass is 16.3. The molecule has 0 bridgehead atoms. The second-order valence-electron chi connectivity index (χ2n) is 3.75. The average Bonchev–Trinajstić information content (AvgIpc) is 2.30. The Morgan fingerprint density at radius 3 is 2.62 bits per heavy atom. The third-order valence-electron chi connectivity index (χ3n) is 2.55. The maximum atomic E-state index is 11.3. The standard InChI is InChI=1S/C13H13NO2/c1-10(15)13(16)9-5-8-12(14-13)11-6-3-2-4-7-11/h2-9,14,16H,1H3. The van der Waals surface area contributed by atoms with Crippen LogP contribution in [-0.2, 0) is 4.79 Å². The van der Waals surface area contributed by atoms with Crippen LogP contribution < -0.4 is 5.32 Å². The molecule has 0 saturated carbocycles. The summed E-state index contributed by atoms with van der Waals surface area (Å²) in [5.74, 6) is -0.328. The van der Waals surface area contributed by atoms with Gasteiger partial charge >= 0.3 is 0 Å². The maximum Gasteiger partial charge on any atom is 0.215 e. The topological polar surface area (TPSA) is 49.3 Å². The van der Waals surface area contributed by atoms with Crippen molar-refractivity contribution in [2.75, 3.05) is 0 Å². The van der Waals surface area contributed by atoms with E-state index in [1.807, 2.05) is 36.4 Å². The zero-order chi connectivity index (χ0) is 11.6. The lowest BCUT2D eigenvalue weighted by Gasteiger charge is -2.28. The molecule has 1 atom stereocenters. The van der Waals surface area contributed by atoms with Gasteiger partial charge in [0.25, 0.3) is 0 Å². The number of hydrogen-bond donors (Lipinski definition) is 2. The Hall–Kier alpha value is -1.87. The molecule has 1 aromatic rings. The number of carbonyl (C=O) groups is 1. The van der Waals surface area contributed by atoms with Gasteiger partial charge in [-0.3, -0.25) is 4.79 Å². The van der Waals surface area contributed by atoms with Gasteiger partial charge in [-0.2, -0.15) is 0 Å². The van der Waals surface area contributed by atoms with Gasteiger partial charge in [-0.05, 0) is 24.6 Å². The third kappa shape index (κ3) is 1.90. The zero-order valence-corrected chi connectivity index (χ0v) is 8.97. The SMILES string of the molecule is CC(=O)C1(O)C=CC=C(c2ccccc2)N1. The largest absolute Gasteiger partial charge is 0.361 e. The molecule has 0 amide bonds. The molecule has 0 aromatic heterocycles. The predicted molar refractivity (Wildman–Crippen MR) is 62.3 cm³/mol. The predicted octanol–water partition coefficient (Wildman–Crippen LogP) is 1.46. The minimum Gasteiger partial charge on any atom is -0.361 e. The Morgan fingerprint density at radius 2 is 2.00 bits per heavy atom. The van der Waals surface area contributed by atoms with E-state index in [4.69, 9.17) is 0 Å². The average molecular weight is 215 g/mol. The Balaban J connectivity index is 2.31. The van der Waals surface area contributed by atoms with Gasteiger partial charge in [-0.25, -0.2) is 0 Å². The number of dihydropyridines is 1. The summed E-state index contributed by atoms with van der Waals surface area (Å²) in [4.78, 5) is 11.3. The zero-order valence-electron chi connectivity index (χ0n) is 8.97. The summed E-state index contributed by atoms with van der Waals surface area (Å²) in [5, 5.41) is 12.8. The molecule has 0 aliphatic carbocycles. The molecule has 2 N–H and O–H groups in total. The van der Waals surface area contributed by atoms with E-state index in [9.17, 15) is 9.90 Å². The Kier molecular flexibility index (Phi) is 2.62. The van der Waals surface area contributed by atoms with Crippen molar-refractivity contribution in [1.82, 2.24) is 5.32 Å². The number of rotatable bonds is 2. The van der Waals surface area contributed by atoms with Gasteiger partial charge in [0, 0.05) is 5.70 Å². The fraction of sp³-hybridized carbons (Fsp3) is 0.154. The van der Waals surface area contributed by atoms with E-state index in [1.165, 1.54) is 13.0 Å². The second kappa shape index (κ2) is 3.94. The van der Waals surface area contributed by atoms with Gasteiger partial charge in [0.1, 0.15) is 0 Å². The fourth-order valence-electron chi connectivity index (χ4n) is 1.56. The summed E-state index contributed by atoms with van der Waals surface area (Å²) in [7, 11) is 0. The van der Waals surface area contributed by atoms with Crippen molar-refractivity contribution >= 4 is 11.5 Å². The number of hydrogen-bond acceptors (Lipinski definition) is 3. The molecule has 1 heterocycles. The monoisotopic (exact) mass is 215 g/mol. The van der Waals surface area contributed by atoms with Crippen molar-refractivity contribution in [2.24, 2.45) is 0 Å². The molecule has 1 aliphatic heterocycles. The van der Waals surface area contributed by atoms with E-state index in [0.717, 1.165) is 11.3 Å². The van der Waals surface area contributed by atoms with Crippen LogP contribution >= 0.6 is 0 Å². The smallest absolute Gasteiger partial charge is 0.215 e. The molecule has 1 aliphatic rings. The van der Waals surface area contributed by atoms with Crippen molar-refractivity contribution in [3.63, 3.8) is 0 Å². The molecule has 82 valence electrons. The van der Waals surface area contributed by atoms with Crippen LogP contribution in [0.15, 0.2) is 48.6 Å². The lowest BCUT2D eigenvalue weighted by Crippen LogP contribution is -2.49. The van der Waals surface area contributed by atoms with Gasteiger partial charge in [-0.1, -0.05) is 36.4 Å². The van der Waals surface area contributed by atoms with Crippen molar-refractivity contribution in [2.45, 2.75) is 12.6 Å². The second-order valence-corrected chi connectivity index (χ2v) is 3.75. The maximum absolute atomic E-state index is 11.3. The van der Waals surface area contributed by atoms with Gasteiger partial charge in [0.2, 0.25) is 5.72 Å². The summed E-state index contributed by atoms with van der Waals surface area (Å²) in [5.41, 5.74) is 0.0900. The van der Waals surface area contributed by atoms with Gasteiger partial charge in [0.05, 0.1) is 0 Å². The van der Waals surface area contributed by atoms with Crippen LogP contribution in [0.3, 0.4) is 0 Å². The van der Waals surface area contributed by atoms with E-state index >= 15 is 0 Å². The van der Waals surface area contributed by atoms with E-state index < -0.39 is 5.72 Å². The summed E-state index contributed by atoms with van der Waals surface area (Å²) < 4.78 is 0. The van der Waals surface area contributed by atoms with Crippen LogP contribution in [0.4, 0.5) is 0 Å². The first-order valence-corrected chi connectivity index (χ1v) is 5.08. The number of aliphatic hydroxyl groups is 1. The molecule has 0 fully saturated rings. The molecule has 16 heavy (non-hydrogen) atoms. The lowest BCUT2D eigenvalue weighted by atomic mass is 10.0. The van der Waals surface area contributed by atoms with Crippen LogP contribution in [-0.4, -0.2) is 16.6 Å². The molecular formula is C13H13NO2. The van der Waals surface area contributed by atoms with Crippen molar-refractivity contribution in [3.05, 3.63) is 54.1 Å². The van der Waals surface area contributed by atoms with E-state index in [-0.39, 0.29) is 5.78 Å². The first-order valence-electron chi connectivity index (χ1n) is 5.08. The highest BCUT2D eigenvalue weighted by molar-refractivity contribution is 5.89. The molecule has 3 nitrogen and oxygen atoms in total. The molecule has 1 aromatic carbocycles. The third-order valence-corrected chi connectivity index (χ3v) is 2.55. The van der Waals surface area contributed by atoms with Crippen molar-refractivity contribution in [3.8, 4) is 0 Å². The molecule has 0 radical (unpaired) electrons. The van der Waals surface area contributed by atoms with Crippen LogP contribution in [0.2, 0.25) is 0 Å². The minimum atomic E-state index is -1.58. The van der Waals surface area contributed by atoms with Gasteiger partial charge < -0.3 is 10.4 Å². The normalized spacial score (nSPS) is 23.5. The first kappa shape index (κ1) is 10.6. The molecule has 0 saturated heterocycles. The summed E-state index contributed by atoms with van der Waals surface area (Å²) in [6.45, 7) is 1.35. The van der Waals surface area contributed by atoms with E-state index in [2.05, 4.69) is 5.32 Å². The molecule has 1 unspecified atom stereocenters. The number of Topliss-reactive ketones (excluding diaryl/α,β-unsaturated/α-hetero) is 1. The molecule has 3 heteroatoms. The number of ketones is 1. The summed E-state index contributed by atoms with van der Waals surface area (Å²) in [6.07, 6.45) is 4.95. The number of carbonyl (C=O) groups excluding carboxylic acids is 1. The quantitative estimate of drug-likeness (QED) is 0.785. The van der Waals surface area contributed by atoms with E-state index in [1.54, 1.807) is 6.08 Å². The minimum absolute atomic E-state index is 0.328. The number of benzene rings is 1. The van der Waals surface area contributed by atoms with Gasteiger partial charge in [-0.15, -0.1) is 0 Å². The molecular weight excluding hydrogens is 202 g/mol. The van der Waals surface area contributed by atoms with Crippen molar-refractivity contribution < 1.29 is 9.90 Å². The Labute approximate surface area is 94.1 Å².